The van der Waals surface area contributed by atoms with E-state index in [1.165, 1.54) is 11.1 Å². The molecule has 4 rings (SSSR count). The Kier molecular flexibility index (Phi) is 5.85. The van der Waals surface area contributed by atoms with Gasteiger partial charge in [0.2, 0.25) is 0 Å². The van der Waals surface area contributed by atoms with Crippen LogP contribution in [0.2, 0.25) is 0 Å². The first kappa shape index (κ1) is 21.0. The van der Waals surface area contributed by atoms with Gasteiger partial charge in [0.05, 0.1) is 0 Å². The molecule has 0 unspecified atom stereocenters. The molecule has 0 aromatic heterocycles. The maximum Gasteiger partial charge on any atom is 0.141 e. The van der Waals surface area contributed by atoms with Crippen molar-refractivity contribution in [2.24, 2.45) is 0 Å². The van der Waals surface area contributed by atoms with E-state index in [-0.39, 0.29) is 0 Å². The molecule has 0 aliphatic rings. The summed E-state index contributed by atoms with van der Waals surface area (Å²) in [5, 5.41) is 0. The predicted molar refractivity (Wildman–Crippen MR) is 133 cm³/mol. The zero-order valence-corrected chi connectivity index (χ0v) is 18.3. The lowest BCUT2D eigenvalue weighted by atomic mass is 9.75. The van der Waals surface area contributed by atoms with Crippen molar-refractivity contribution >= 4 is 0 Å². The van der Waals surface area contributed by atoms with Crippen LogP contribution < -0.4 is 4.74 Å². The van der Waals surface area contributed by atoms with E-state index >= 15 is 0 Å². The molecule has 0 spiro atoms. The van der Waals surface area contributed by atoms with Crippen LogP contribution in [0.4, 0.5) is 0 Å². The van der Waals surface area contributed by atoms with Gasteiger partial charge >= 0.3 is 0 Å². The van der Waals surface area contributed by atoms with E-state index in [1.807, 2.05) is 67.6 Å². The van der Waals surface area contributed by atoms with Crippen molar-refractivity contribution in [3.8, 4) is 47.3 Å². The van der Waals surface area contributed by atoms with Crippen LogP contribution in [-0.4, -0.2) is 0 Å². The largest absolute Gasteiger partial charge is 0.457 e. The highest BCUT2D eigenvalue weighted by atomic mass is 16.5. The Hall–Kier alpha value is -4.20. The second kappa shape index (κ2) is 8.89. The van der Waals surface area contributed by atoms with Crippen molar-refractivity contribution in [2.45, 2.75) is 19.3 Å². The smallest absolute Gasteiger partial charge is 0.141 e. The normalized spacial score (nSPS) is 10.8. The quantitative estimate of drug-likeness (QED) is 0.312. The van der Waals surface area contributed by atoms with E-state index in [0.29, 0.717) is 0 Å². The Balaban J connectivity index is 1.62. The van der Waals surface area contributed by atoms with Crippen LogP contribution in [0.1, 0.15) is 22.3 Å². The first-order chi connectivity index (χ1) is 15.5. The molecule has 4 aromatic rings. The molecule has 4 aromatic carbocycles. The Morgan fingerprint density at radius 1 is 0.531 bits per heavy atom. The maximum absolute atomic E-state index is 6.00. The number of aryl methyl sites for hydroxylation is 2. The second-order valence-electron chi connectivity index (χ2n) is 7.92. The number of hydrogen-bond acceptors (Lipinski definition) is 1. The van der Waals surface area contributed by atoms with Crippen LogP contribution in [-0.2, 0) is 5.41 Å². The van der Waals surface area contributed by atoms with Crippen LogP contribution in [0.25, 0.3) is 11.1 Å². The van der Waals surface area contributed by atoms with E-state index in [0.717, 1.165) is 33.8 Å². The van der Waals surface area contributed by atoms with E-state index in [4.69, 9.17) is 17.6 Å². The summed E-state index contributed by atoms with van der Waals surface area (Å²) in [4.78, 5) is 0. The summed E-state index contributed by atoms with van der Waals surface area (Å²) in [7, 11) is 0. The number of benzene rings is 4. The summed E-state index contributed by atoms with van der Waals surface area (Å²) in [6, 6.07) is 32.3. The number of terminal acetylenes is 2. The van der Waals surface area contributed by atoms with Gasteiger partial charge in [0.25, 0.3) is 0 Å². The van der Waals surface area contributed by atoms with Crippen LogP contribution in [0.15, 0.2) is 97.1 Å². The standard InChI is InChI=1S/C31H24O/c1-5-31(6-2,27-15-13-26(14-16-27)25-11-7-23(3)8-12-25)28-17-21-30(22-18-28)32-29-19-9-24(4)10-20-29/h1-2,7-22H,3-4H3. The molecule has 0 saturated carbocycles. The lowest BCUT2D eigenvalue weighted by Gasteiger charge is -2.24. The summed E-state index contributed by atoms with van der Waals surface area (Å²) in [5.74, 6) is 7.24. The minimum Gasteiger partial charge on any atom is -0.457 e. The van der Waals surface area contributed by atoms with E-state index in [2.05, 4.69) is 55.2 Å². The highest BCUT2D eigenvalue weighted by molar-refractivity contribution is 5.66. The molecule has 0 atom stereocenters. The Morgan fingerprint density at radius 3 is 1.31 bits per heavy atom. The first-order valence-corrected chi connectivity index (χ1v) is 10.5. The third kappa shape index (κ3) is 4.15. The Morgan fingerprint density at radius 2 is 0.875 bits per heavy atom. The van der Waals surface area contributed by atoms with Crippen molar-refractivity contribution in [3.63, 3.8) is 0 Å². The van der Waals surface area contributed by atoms with Gasteiger partial charge < -0.3 is 4.74 Å². The van der Waals surface area contributed by atoms with Crippen molar-refractivity contribution in [2.75, 3.05) is 0 Å². The fourth-order valence-electron chi connectivity index (χ4n) is 3.72. The Labute approximate surface area is 190 Å². The third-order valence-corrected chi connectivity index (χ3v) is 5.68. The molecule has 0 heterocycles. The molecule has 32 heavy (non-hydrogen) atoms. The van der Waals surface area contributed by atoms with Crippen molar-refractivity contribution in [1.82, 2.24) is 0 Å². The van der Waals surface area contributed by atoms with Gasteiger partial charge in [0.15, 0.2) is 0 Å². The van der Waals surface area contributed by atoms with Gasteiger partial charge in [-0.3, -0.25) is 0 Å². The summed E-state index contributed by atoms with van der Waals surface area (Å²) in [5.41, 5.74) is 5.51. The fourth-order valence-corrected chi connectivity index (χ4v) is 3.72. The van der Waals surface area contributed by atoms with Crippen molar-refractivity contribution in [1.29, 1.82) is 0 Å². The molecule has 0 N–H and O–H groups in total. The van der Waals surface area contributed by atoms with Gasteiger partial charge in [-0.15, -0.1) is 12.8 Å². The van der Waals surface area contributed by atoms with Gasteiger partial charge in [-0.25, -0.2) is 0 Å². The third-order valence-electron chi connectivity index (χ3n) is 5.68. The molecule has 1 heteroatoms. The topological polar surface area (TPSA) is 9.23 Å². The molecule has 0 fully saturated rings. The second-order valence-corrected chi connectivity index (χ2v) is 7.92. The molecule has 154 valence electrons. The minimum absolute atomic E-state index is 0.732. The Bertz CT molecular complexity index is 1260. The first-order valence-electron chi connectivity index (χ1n) is 10.5. The highest BCUT2D eigenvalue weighted by Gasteiger charge is 2.30. The van der Waals surface area contributed by atoms with Crippen molar-refractivity contribution in [3.05, 3.63) is 119 Å². The van der Waals surface area contributed by atoms with E-state index < -0.39 is 5.41 Å². The van der Waals surface area contributed by atoms with E-state index in [1.54, 1.807) is 0 Å². The lowest BCUT2D eigenvalue weighted by molar-refractivity contribution is 0.482. The zero-order valence-electron chi connectivity index (χ0n) is 18.3. The molecule has 0 amide bonds. The summed E-state index contributed by atoms with van der Waals surface area (Å²) in [6.45, 7) is 4.13. The monoisotopic (exact) mass is 412 g/mol. The number of hydrogen-bond donors (Lipinski definition) is 0. The molecule has 0 saturated heterocycles. The van der Waals surface area contributed by atoms with Gasteiger partial charge in [-0.05, 0) is 60.4 Å². The summed E-state index contributed by atoms with van der Waals surface area (Å²) >= 11 is 0. The molecular weight excluding hydrogens is 388 g/mol. The van der Waals surface area contributed by atoms with Gasteiger partial charge in [-0.1, -0.05) is 95.8 Å². The van der Waals surface area contributed by atoms with Crippen LogP contribution in [0.5, 0.6) is 11.5 Å². The minimum atomic E-state index is -0.950. The van der Waals surface area contributed by atoms with Gasteiger partial charge in [0.1, 0.15) is 16.9 Å². The summed E-state index contributed by atoms with van der Waals surface area (Å²) < 4.78 is 5.94. The predicted octanol–water partition coefficient (Wildman–Crippen LogP) is 7.32. The van der Waals surface area contributed by atoms with Crippen LogP contribution >= 0.6 is 0 Å². The van der Waals surface area contributed by atoms with Crippen LogP contribution in [0, 0.1) is 38.5 Å². The average Bonchev–Trinajstić information content (AvgIpc) is 2.84. The van der Waals surface area contributed by atoms with Crippen LogP contribution in [0.3, 0.4) is 0 Å². The molecule has 0 aliphatic carbocycles. The molecule has 0 bridgehead atoms. The average molecular weight is 413 g/mol. The lowest BCUT2D eigenvalue weighted by Crippen LogP contribution is -2.23. The molecule has 0 radical (unpaired) electrons. The molecule has 0 aliphatic heterocycles. The van der Waals surface area contributed by atoms with Crippen molar-refractivity contribution < 1.29 is 4.74 Å². The van der Waals surface area contributed by atoms with Gasteiger partial charge in [-0.2, -0.15) is 0 Å². The molecule has 1 nitrogen and oxygen atoms in total. The number of rotatable bonds is 5. The number of ether oxygens (including phenoxy) is 1. The van der Waals surface area contributed by atoms with E-state index in [9.17, 15) is 0 Å². The molecular formula is C31H24O. The SMILES string of the molecule is C#CC(C#C)(c1ccc(Oc2ccc(C)cc2)cc1)c1ccc(-c2ccc(C)cc2)cc1. The zero-order chi connectivity index (χ0) is 22.6. The fraction of sp³-hybridized carbons (Fsp3) is 0.0968. The van der Waals surface area contributed by atoms with Gasteiger partial charge in [0, 0.05) is 0 Å². The highest BCUT2D eigenvalue weighted by Crippen LogP contribution is 2.34. The maximum atomic E-state index is 6.00. The summed E-state index contributed by atoms with van der Waals surface area (Å²) in [6.07, 6.45) is 12.0.